The predicted molar refractivity (Wildman–Crippen MR) is 80.3 cm³/mol. The second-order valence-electron chi connectivity index (χ2n) is 5.38. The summed E-state index contributed by atoms with van der Waals surface area (Å²) >= 11 is 3.08. The number of halogens is 2. The summed E-state index contributed by atoms with van der Waals surface area (Å²) in [5.41, 5.74) is 5.27. The molecule has 0 spiro atoms. The van der Waals surface area contributed by atoms with Crippen LogP contribution in [0.5, 0.6) is 0 Å². The van der Waals surface area contributed by atoms with Crippen LogP contribution < -0.4 is 10.5 Å². The number of nitrogens with one attached hydrogen (secondary N) is 1. The van der Waals surface area contributed by atoms with Gasteiger partial charge in [-0.05, 0) is 59.7 Å². The fourth-order valence-electron chi connectivity index (χ4n) is 2.41. The summed E-state index contributed by atoms with van der Waals surface area (Å²) in [6, 6.07) is 2.16. The molecule has 1 saturated carbocycles. The molecule has 0 atom stereocenters. The molecule has 0 amide bonds. The topological polar surface area (TPSA) is 72.2 Å². The third-order valence-corrected chi connectivity index (χ3v) is 6.16. The van der Waals surface area contributed by atoms with E-state index >= 15 is 0 Å². The first-order valence-corrected chi connectivity index (χ1v) is 8.84. The van der Waals surface area contributed by atoms with Gasteiger partial charge in [0.15, 0.2) is 0 Å². The van der Waals surface area contributed by atoms with Crippen molar-refractivity contribution in [3.63, 3.8) is 0 Å². The van der Waals surface area contributed by atoms with Crippen molar-refractivity contribution in [2.24, 2.45) is 5.92 Å². The first-order valence-electron chi connectivity index (χ1n) is 6.56. The minimum Gasteiger partial charge on any atom is -0.396 e. The third-order valence-electron chi connectivity index (χ3n) is 3.68. The number of benzene rings is 1. The van der Waals surface area contributed by atoms with Crippen LogP contribution in [0.4, 0.5) is 10.1 Å². The Morgan fingerprint density at radius 1 is 1.30 bits per heavy atom. The van der Waals surface area contributed by atoms with Crippen molar-refractivity contribution in [1.82, 2.24) is 4.72 Å². The van der Waals surface area contributed by atoms with Crippen LogP contribution in [-0.4, -0.2) is 14.5 Å². The van der Waals surface area contributed by atoms with E-state index in [9.17, 15) is 12.8 Å². The summed E-state index contributed by atoms with van der Waals surface area (Å²) in [5, 5.41) is 0. The molecule has 1 aromatic rings. The second-order valence-corrected chi connectivity index (χ2v) is 7.92. The molecule has 112 valence electrons. The highest BCUT2D eigenvalue weighted by atomic mass is 79.9. The van der Waals surface area contributed by atoms with Crippen molar-refractivity contribution in [3.05, 3.63) is 22.4 Å². The number of nitrogen functional groups attached to an aromatic ring is 1. The van der Waals surface area contributed by atoms with Crippen molar-refractivity contribution in [1.29, 1.82) is 0 Å². The summed E-state index contributed by atoms with van der Waals surface area (Å²) < 4.78 is 40.8. The van der Waals surface area contributed by atoms with Gasteiger partial charge in [-0.25, -0.2) is 17.5 Å². The van der Waals surface area contributed by atoms with Crippen molar-refractivity contribution < 1.29 is 12.8 Å². The molecule has 0 aromatic heterocycles. The number of nitrogens with two attached hydrogens (primary N) is 1. The summed E-state index contributed by atoms with van der Waals surface area (Å²) in [6.07, 6.45) is 3.68. The number of hydrogen-bond acceptors (Lipinski definition) is 3. The Hall–Kier alpha value is -0.660. The Bertz CT molecular complexity index is 599. The maximum absolute atomic E-state index is 13.3. The Morgan fingerprint density at radius 2 is 1.90 bits per heavy atom. The average Bonchev–Trinajstić information content (AvgIpc) is 2.36. The standard InChI is InChI=1S/C13H18BrFN2O2S/c1-8-2-4-9(5-3-8)17-20(18,19)13-7-12(16)11(15)6-10(13)14/h6-9,17H,2-5,16H2,1H3. The van der Waals surface area contributed by atoms with Crippen molar-refractivity contribution in [3.8, 4) is 0 Å². The molecule has 0 unspecified atom stereocenters. The quantitative estimate of drug-likeness (QED) is 0.809. The van der Waals surface area contributed by atoms with Gasteiger partial charge in [-0.1, -0.05) is 6.92 Å². The minimum atomic E-state index is -3.69. The molecule has 1 aliphatic carbocycles. The van der Waals surface area contributed by atoms with E-state index in [1.54, 1.807) is 0 Å². The lowest BCUT2D eigenvalue weighted by Crippen LogP contribution is -2.37. The van der Waals surface area contributed by atoms with Gasteiger partial charge < -0.3 is 5.73 Å². The number of hydrogen-bond donors (Lipinski definition) is 2. The maximum Gasteiger partial charge on any atom is 0.242 e. The first kappa shape index (κ1) is 15.7. The summed E-state index contributed by atoms with van der Waals surface area (Å²) in [6.45, 7) is 2.17. The maximum atomic E-state index is 13.3. The molecular formula is C13H18BrFN2O2S. The molecule has 20 heavy (non-hydrogen) atoms. The summed E-state index contributed by atoms with van der Waals surface area (Å²) in [4.78, 5) is -0.0185. The molecule has 2 rings (SSSR count). The van der Waals surface area contributed by atoms with E-state index in [1.807, 2.05) is 0 Å². The van der Waals surface area contributed by atoms with Crippen molar-refractivity contribution >= 4 is 31.6 Å². The monoisotopic (exact) mass is 364 g/mol. The highest BCUT2D eigenvalue weighted by Crippen LogP contribution is 2.29. The molecule has 1 fully saturated rings. The molecule has 0 radical (unpaired) electrons. The van der Waals surface area contributed by atoms with E-state index < -0.39 is 15.8 Å². The zero-order valence-electron chi connectivity index (χ0n) is 11.2. The van der Waals surface area contributed by atoms with E-state index in [4.69, 9.17) is 5.73 Å². The molecule has 1 aromatic carbocycles. The number of sulfonamides is 1. The summed E-state index contributed by atoms with van der Waals surface area (Å²) in [7, 11) is -3.69. The van der Waals surface area contributed by atoms with Gasteiger partial charge in [-0.2, -0.15) is 0 Å². The smallest absolute Gasteiger partial charge is 0.242 e. The van der Waals surface area contributed by atoms with Gasteiger partial charge in [0.2, 0.25) is 10.0 Å². The Balaban J connectivity index is 2.20. The van der Waals surface area contributed by atoms with Gasteiger partial charge in [0.05, 0.1) is 10.6 Å². The zero-order valence-corrected chi connectivity index (χ0v) is 13.6. The van der Waals surface area contributed by atoms with Crippen LogP contribution >= 0.6 is 15.9 Å². The van der Waals surface area contributed by atoms with Gasteiger partial charge in [0.1, 0.15) is 5.82 Å². The molecule has 0 heterocycles. The largest absolute Gasteiger partial charge is 0.396 e. The molecule has 7 heteroatoms. The molecular weight excluding hydrogens is 347 g/mol. The fraction of sp³-hybridized carbons (Fsp3) is 0.538. The number of rotatable bonds is 3. The molecule has 0 aliphatic heterocycles. The van der Waals surface area contributed by atoms with E-state index in [0.29, 0.717) is 5.92 Å². The van der Waals surface area contributed by atoms with E-state index in [2.05, 4.69) is 27.6 Å². The van der Waals surface area contributed by atoms with Gasteiger partial charge in [0, 0.05) is 10.5 Å². The second kappa shape index (κ2) is 5.99. The molecule has 0 bridgehead atoms. The Labute approximate surface area is 127 Å². The van der Waals surface area contributed by atoms with Crippen LogP contribution in [0.15, 0.2) is 21.5 Å². The Morgan fingerprint density at radius 3 is 2.50 bits per heavy atom. The fourth-order valence-corrected chi connectivity index (χ4v) is 4.77. The van der Waals surface area contributed by atoms with Crippen LogP contribution in [0.3, 0.4) is 0 Å². The van der Waals surface area contributed by atoms with Gasteiger partial charge >= 0.3 is 0 Å². The van der Waals surface area contributed by atoms with Gasteiger partial charge in [-0.15, -0.1) is 0 Å². The summed E-state index contributed by atoms with van der Waals surface area (Å²) in [5.74, 6) is 0.00581. The highest BCUT2D eigenvalue weighted by Gasteiger charge is 2.26. The number of anilines is 1. The lowest BCUT2D eigenvalue weighted by Gasteiger charge is -2.26. The lowest BCUT2D eigenvalue weighted by atomic mass is 9.88. The Kier molecular flexibility index (Phi) is 4.71. The van der Waals surface area contributed by atoms with Crippen LogP contribution in [0.25, 0.3) is 0 Å². The minimum absolute atomic E-state index is 0.0185. The predicted octanol–water partition coefficient (Wildman–Crippen LogP) is 3.03. The average molecular weight is 365 g/mol. The molecule has 1 aliphatic rings. The van der Waals surface area contributed by atoms with Gasteiger partial charge in [0.25, 0.3) is 0 Å². The lowest BCUT2D eigenvalue weighted by molar-refractivity contribution is 0.332. The SMILES string of the molecule is CC1CCC(NS(=O)(=O)c2cc(N)c(F)cc2Br)CC1. The van der Waals surface area contributed by atoms with Crippen LogP contribution in [0.1, 0.15) is 32.6 Å². The zero-order chi connectivity index (χ0) is 14.9. The van der Waals surface area contributed by atoms with Gasteiger partial charge in [-0.3, -0.25) is 0 Å². The van der Waals surface area contributed by atoms with Crippen molar-refractivity contribution in [2.45, 2.75) is 43.5 Å². The van der Waals surface area contributed by atoms with Crippen LogP contribution in [0, 0.1) is 11.7 Å². The van der Waals surface area contributed by atoms with Crippen LogP contribution in [0.2, 0.25) is 0 Å². The molecule has 0 saturated heterocycles. The van der Waals surface area contributed by atoms with E-state index in [-0.39, 0.29) is 21.1 Å². The normalized spacial score (nSPS) is 23.8. The van der Waals surface area contributed by atoms with E-state index in [0.717, 1.165) is 37.8 Å². The first-order chi connectivity index (χ1) is 9.29. The third kappa shape index (κ3) is 3.51. The van der Waals surface area contributed by atoms with Crippen LogP contribution in [-0.2, 0) is 10.0 Å². The van der Waals surface area contributed by atoms with Crippen molar-refractivity contribution in [2.75, 3.05) is 5.73 Å². The molecule has 4 nitrogen and oxygen atoms in total. The van der Waals surface area contributed by atoms with E-state index in [1.165, 1.54) is 0 Å². The molecule has 3 N–H and O–H groups in total. The highest BCUT2D eigenvalue weighted by molar-refractivity contribution is 9.10.